The van der Waals surface area contributed by atoms with Crippen molar-refractivity contribution in [3.05, 3.63) is 17.8 Å². The van der Waals surface area contributed by atoms with Crippen LogP contribution in [0.4, 0.5) is 5.82 Å². The number of piperazine rings is 1. The van der Waals surface area contributed by atoms with Crippen molar-refractivity contribution in [1.82, 2.24) is 14.9 Å². The van der Waals surface area contributed by atoms with E-state index in [0.717, 1.165) is 42.2 Å². The first-order chi connectivity index (χ1) is 9.74. The van der Waals surface area contributed by atoms with Crippen LogP contribution in [0.3, 0.4) is 0 Å². The van der Waals surface area contributed by atoms with Crippen LogP contribution >= 0.6 is 11.3 Å². The van der Waals surface area contributed by atoms with Crippen molar-refractivity contribution in [3.8, 4) is 0 Å². The van der Waals surface area contributed by atoms with E-state index in [4.69, 9.17) is 5.11 Å². The highest BCUT2D eigenvalue weighted by atomic mass is 32.1. The predicted molar refractivity (Wildman–Crippen MR) is 78.3 cm³/mol. The summed E-state index contributed by atoms with van der Waals surface area (Å²) in [5.74, 6) is 0.270. The topological polar surface area (TPSA) is 69.6 Å². The summed E-state index contributed by atoms with van der Waals surface area (Å²) in [6.45, 7) is 4.14. The smallest absolute Gasteiger partial charge is 0.304 e. The maximum absolute atomic E-state index is 10.6. The number of thiophene rings is 1. The van der Waals surface area contributed by atoms with E-state index >= 15 is 0 Å². The normalized spacial score (nSPS) is 16.7. The predicted octanol–water partition coefficient (Wildman–Crippen LogP) is 1.29. The summed E-state index contributed by atoms with van der Waals surface area (Å²) in [6.07, 6.45) is 1.82. The molecule has 0 spiro atoms. The molecular weight excluding hydrogens is 276 g/mol. The minimum Gasteiger partial charge on any atom is -0.481 e. The zero-order chi connectivity index (χ0) is 13.9. The molecule has 7 heteroatoms. The standard InChI is InChI=1S/C13H16N4O2S/c18-11(19)1-3-16-4-6-17(7-5-16)13-12-10(2-8-20-12)14-9-15-13/h2,8-9H,1,3-7H2,(H,18,19). The highest BCUT2D eigenvalue weighted by molar-refractivity contribution is 7.17. The number of anilines is 1. The molecule has 3 rings (SSSR count). The Hall–Kier alpha value is -1.73. The van der Waals surface area contributed by atoms with Gasteiger partial charge in [0.25, 0.3) is 0 Å². The average Bonchev–Trinajstić information content (AvgIpc) is 2.94. The molecule has 6 nitrogen and oxygen atoms in total. The van der Waals surface area contributed by atoms with Crippen LogP contribution in [0.1, 0.15) is 6.42 Å². The molecule has 0 aliphatic carbocycles. The van der Waals surface area contributed by atoms with Crippen LogP contribution in [0.15, 0.2) is 17.8 Å². The Kier molecular flexibility index (Phi) is 3.79. The molecule has 2 aromatic rings. The molecular formula is C13H16N4O2S. The van der Waals surface area contributed by atoms with Gasteiger partial charge in [0, 0.05) is 32.7 Å². The first-order valence-electron chi connectivity index (χ1n) is 6.61. The second-order valence-electron chi connectivity index (χ2n) is 4.80. The van der Waals surface area contributed by atoms with Gasteiger partial charge in [0.05, 0.1) is 16.6 Å². The number of hydrogen-bond donors (Lipinski definition) is 1. The minimum absolute atomic E-state index is 0.211. The number of aromatic nitrogens is 2. The molecule has 0 amide bonds. The van der Waals surface area contributed by atoms with Gasteiger partial charge in [-0.25, -0.2) is 9.97 Å². The lowest BCUT2D eigenvalue weighted by Crippen LogP contribution is -2.47. The SMILES string of the molecule is O=C(O)CCN1CCN(c2ncnc3ccsc23)CC1. The van der Waals surface area contributed by atoms with Crippen molar-refractivity contribution in [2.75, 3.05) is 37.6 Å². The summed E-state index contributed by atoms with van der Waals surface area (Å²) < 4.78 is 1.13. The van der Waals surface area contributed by atoms with Crippen LogP contribution in [-0.4, -0.2) is 58.7 Å². The van der Waals surface area contributed by atoms with Gasteiger partial charge in [0.15, 0.2) is 0 Å². The van der Waals surface area contributed by atoms with Crippen molar-refractivity contribution in [2.45, 2.75) is 6.42 Å². The van der Waals surface area contributed by atoms with Gasteiger partial charge < -0.3 is 10.0 Å². The molecule has 1 fully saturated rings. The maximum Gasteiger partial charge on any atom is 0.304 e. The Balaban J connectivity index is 1.66. The molecule has 1 aliphatic heterocycles. The summed E-state index contributed by atoms with van der Waals surface area (Å²) in [5, 5.41) is 10.7. The third-order valence-corrected chi connectivity index (χ3v) is 4.44. The molecule has 0 atom stereocenters. The molecule has 1 aliphatic rings. The van der Waals surface area contributed by atoms with Crippen molar-refractivity contribution in [2.24, 2.45) is 0 Å². The Bertz CT molecular complexity index is 607. The molecule has 3 heterocycles. The van der Waals surface area contributed by atoms with Gasteiger partial charge >= 0.3 is 5.97 Å². The second kappa shape index (κ2) is 5.72. The van der Waals surface area contributed by atoms with E-state index in [-0.39, 0.29) is 6.42 Å². The number of fused-ring (bicyclic) bond motifs is 1. The summed E-state index contributed by atoms with van der Waals surface area (Å²) in [7, 11) is 0. The quantitative estimate of drug-likeness (QED) is 0.915. The average molecular weight is 292 g/mol. The number of hydrogen-bond acceptors (Lipinski definition) is 6. The van der Waals surface area contributed by atoms with E-state index in [9.17, 15) is 4.79 Å². The summed E-state index contributed by atoms with van der Waals surface area (Å²) in [5.41, 5.74) is 0.994. The van der Waals surface area contributed by atoms with E-state index in [2.05, 4.69) is 19.8 Å². The largest absolute Gasteiger partial charge is 0.481 e. The van der Waals surface area contributed by atoms with Crippen LogP contribution in [-0.2, 0) is 4.79 Å². The van der Waals surface area contributed by atoms with E-state index in [1.54, 1.807) is 17.7 Å². The second-order valence-corrected chi connectivity index (χ2v) is 5.72. The fourth-order valence-electron chi connectivity index (χ4n) is 2.44. The van der Waals surface area contributed by atoms with Gasteiger partial charge in [-0.15, -0.1) is 11.3 Å². The lowest BCUT2D eigenvalue weighted by Gasteiger charge is -2.35. The van der Waals surface area contributed by atoms with Crippen LogP contribution in [0, 0.1) is 0 Å². The number of aliphatic carboxylic acids is 1. The summed E-state index contributed by atoms with van der Waals surface area (Å²) >= 11 is 1.66. The van der Waals surface area contributed by atoms with Gasteiger partial charge in [0.2, 0.25) is 0 Å². The van der Waals surface area contributed by atoms with Gasteiger partial charge in [-0.05, 0) is 11.4 Å². The van der Waals surface area contributed by atoms with Crippen molar-refractivity contribution in [3.63, 3.8) is 0 Å². The monoisotopic (exact) mass is 292 g/mol. The molecule has 2 aromatic heterocycles. The highest BCUT2D eigenvalue weighted by Gasteiger charge is 2.20. The number of carbonyl (C=O) groups is 1. The zero-order valence-electron chi connectivity index (χ0n) is 11.0. The number of carboxylic acids is 1. The fraction of sp³-hybridized carbons (Fsp3) is 0.462. The Labute approximate surface area is 120 Å². The summed E-state index contributed by atoms with van der Waals surface area (Å²) in [4.78, 5) is 23.7. The third kappa shape index (κ3) is 2.73. The van der Waals surface area contributed by atoms with Crippen molar-refractivity contribution < 1.29 is 9.90 Å². The van der Waals surface area contributed by atoms with E-state index in [0.29, 0.717) is 6.54 Å². The van der Waals surface area contributed by atoms with Crippen molar-refractivity contribution in [1.29, 1.82) is 0 Å². The number of rotatable bonds is 4. The molecule has 0 saturated carbocycles. The molecule has 0 bridgehead atoms. The first-order valence-corrected chi connectivity index (χ1v) is 7.49. The third-order valence-electron chi connectivity index (χ3n) is 3.54. The van der Waals surface area contributed by atoms with Crippen LogP contribution < -0.4 is 4.90 Å². The van der Waals surface area contributed by atoms with E-state index in [1.165, 1.54) is 0 Å². The van der Waals surface area contributed by atoms with Crippen LogP contribution in [0.5, 0.6) is 0 Å². The van der Waals surface area contributed by atoms with Gasteiger partial charge in [-0.2, -0.15) is 0 Å². The first kappa shape index (κ1) is 13.3. The Morgan fingerprint density at radius 2 is 2.10 bits per heavy atom. The zero-order valence-corrected chi connectivity index (χ0v) is 11.8. The Morgan fingerprint density at radius 3 is 2.85 bits per heavy atom. The molecule has 0 unspecified atom stereocenters. The molecule has 1 saturated heterocycles. The molecule has 0 aromatic carbocycles. The van der Waals surface area contributed by atoms with Gasteiger partial charge in [0.1, 0.15) is 12.1 Å². The molecule has 0 radical (unpaired) electrons. The van der Waals surface area contributed by atoms with Crippen LogP contribution in [0.25, 0.3) is 10.2 Å². The van der Waals surface area contributed by atoms with Gasteiger partial charge in [-0.1, -0.05) is 0 Å². The van der Waals surface area contributed by atoms with Crippen molar-refractivity contribution >= 4 is 33.3 Å². The van der Waals surface area contributed by atoms with Crippen LogP contribution in [0.2, 0.25) is 0 Å². The minimum atomic E-state index is -0.733. The van der Waals surface area contributed by atoms with E-state index in [1.807, 2.05) is 11.4 Å². The Morgan fingerprint density at radius 1 is 1.30 bits per heavy atom. The van der Waals surface area contributed by atoms with Gasteiger partial charge in [-0.3, -0.25) is 9.69 Å². The number of nitrogens with zero attached hydrogens (tertiary/aromatic N) is 4. The summed E-state index contributed by atoms with van der Waals surface area (Å²) in [6, 6.07) is 2.01. The maximum atomic E-state index is 10.6. The number of carboxylic acid groups (broad SMARTS) is 1. The van der Waals surface area contributed by atoms with E-state index < -0.39 is 5.97 Å². The highest BCUT2D eigenvalue weighted by Crippen LogP contribution is 2.28. The lowest BCUT2D eigenvalue weighted by molar-refractivity contribution is -0.137. The molecule has 106 valence electrons. The fourth-order valence-corrected chi connectivity index (χ4v) is 3.30. The lowest BCUT2D eigenvalue weighted by atomic mass is 10.3. The molecule has 20 heavy (non-hydrogen) atoms. The molecule has 1 N–H and O–H groups in total.